The average Bonchev–Trinajstić information content (AvgIpc) is 2.91. The van der Waals surface area contributed by atoms with E-state index in [4.69, 9.17) is 10.3 Å². The maximum atomic E-state index is 11.4. The van der Waals surface area contributed by atoms with E-state index in [1.54, 1.807) is 18.0 Å². The van der Waals surface area contributed by atoms with Crippen molar-refractivity contribution in [2.45, 2.75) is 17.1 Å². The van der Waals surface area contributed by atoms with Gasteiger partial charge in [-0.2, -0.15) is 0 Å². The molecule has 1 amide bonds. The fourth-order valence-electron chi connectivity index (χ4n) is 2.16. The van der Waals surface area contributed by atoms with Crippen molar-refractivity contribution in [1.82, 2.24) is 5.16 Å². The molecule has 2 N–H and O–H groups in total. The van der Waals surface area contributed by atoms with Crippen LogP contribution in [0.25, 0.3) is 11.3 Å². The third-order valence-corrected chi connectivity index (χ3v) is 5.27. The first-order valence-electron chi connectivity index (χ1n) is 5.15. The van der Waals surface area contributed by atoms with Crippen LogP contribution in [0.1, 0.15) is 20.8 Å². The number of hydrogen-bond donors (Lipinski definition) is 1. The Bertz CT molecular complexity index is 601. The van der Waals surface area contributed by atoms with Gasteiger partial charge in [0.1, 0.15) is 12.0 Å². The molecule has 2 aromatic rings. The Balaban J connectivity index is 2.29. The lowest BCUT2D eigenvalue weighted by Gasteiger charge is -2.11. The number of rotatable bonds is 2. The van der Waals surface area contributed by atoms with Crippen molar-refractivity contribution in [3.05, 3.63) is 22.3 Å². The lowest BCUT2D eigenvalue weighted by atomic mass is 9.92. The summed E-state index contributed by atoms with van der Waals surface area (Å²) in [7, 11) is 0. The van der Waals surface area contributed by atoms with Crippen molar-refractivity contribution >= 4 is 29.0 Å². The second-order valence-electron chi connectivity index (χ2n) is 3.83. The van der Waals surface area contributed by atoms with Crippen LogP contribution in [0.5, 0.6) is 0 Å². The summed E-state index contributed by atoms with van der Waals surface area (Å²) in [6.45, 7) is 0. The highest BCUT2D eigenvalue weighted by atomic mass is 32.2. The number of thiophene rings is 1. The number of aryl methyl sites for hydroxylation is 1. The van der Waals surface area contributed by atoms with Crippen molar-refractivity contribution in [3.8, 4) is 11.3 Å². The van der Waals surface area contributed by atoms with E-state index in [0.717, 1.165) is 39.4 Å². The molecule has 0 bridgehead atoms. The van der Waals surface area contributed by atoms with Gasteiger partial charge >= 0.3 is 0 Å². The van der Waals surface area contributed by atoms with Gasteiger partial charge in [0.15, 0.2) is 0 Å². The average molecular weight is 266 g/mol. The molecular formula is C11H10N2O2S2. The van der Waals surface area contributed by atoms with Crippen LogP contribution in [-0.2, 0) is 12.8 Å². The smallest absolute Gasteiger partial charge is 0.259 e. The number of thioether (sulfide) groups is 1. The number of nitrogens with zero attached hydrogens (tertiary/aromatic N) is 1. The molecule has 0 saturated heterocycles. The molecule has 0 atom stereocenters. The zero-order valence-corrected chi connectivity index (χ0v) is 10.8. The Labute approximate surface area is 106 Å². The first-order valence-corrected chi connectivity index (χ1v) is 7.19. The van der Waals surface area contributed by atoms with Crippen molar-refractivity contribution in [3.63, 3.8) is 0 Å². The summed E-state index contributed by atoms with van der Waals surface area (Å²) in [5.74, 6) is -0.349. The van der Waals surface area contributed by atoms with Gasteiger partial charge in [0, 0.05) is 11.1 Å². The molecule has 1 aliphatic carbocycles. The summed E-state index contributed by atoms with van der Waals surface area (Å²) in [6, 6.07) is 0. The van der Waals surface area contributed by atoms with E-state index in [1.165, 1.54) is 11.3 Å². The highest BCUT2D eigenvalue weighted by molar-refractivity contribution is 8.00. The van der Waals surface area contributed by atoms with E-state index < -0.39 is 0 Å². The number of nitrogens with two attached hydrogens (primary N) is 1. The summed E-state index contributed by atoms with van der Waals surface area (Å²) < 4.78 is 6.11. The highest BCUT2D eigenvalue weighted by Gasteiger charge is 2.29. The van der Waals surface area contributed by atoms with E-state index >= 15 is 0 Å². The maximum absolute atomic E-state index is 11.4. The molecule has 2 heterocycles. The molecule has 4 nitrogen and oxygen atoms in total. The molecule has 0 saturated carbocycles. The number of fused-ring (bicyclic) bond motifs is 3. The molecule has 6 heteroatoms. The van der Waals surface area contributed by atoms with Gasteiger partial charge in [-0.25, -0.2) is 0 Å². The Hall–Kier alpha value is -1.27. The van der Waals surface area contributed by atoms with Crippen LogP contribution in [0, 0.1) is 0 Å². The molecule has 17 heavy (non-hydrogen) atoms. The third-order valence-electron chi connectivity index (χ3n) is 2.91. The predicted molar refractivity (Wildman–Crippen MR) is 67.5 cm³/mol. The summed E-state index contributed by atoms with van der Waals surface area (Å²) in [5, 5.41) is 4.05. The van der Waals surface area contributed by atoms with Crippen LogP contribution in [0.3, 0.4) is 0 Å². The largest absolute Gasteiger partial charge is 0.365 e. The van der Waals surface area contributed by atoms with E-state index in [1.807, 2.05) is 6.26 Å². The number of primary amides is 1. The zero-order chi connectivity index (χ0) is 12.0. The quantitative estimate of drug-likeness (QED) is 0.847. The van der Waals surface area contributed by atoms with E-state index in [-0.39, 0.29) is 5.91 Å². The Morgan fingerprint density at radius 2 is 2.41 bits per heavy atom. The molecule has 2 aromatic heterocycles. The Kier molecular flexibility index (Phi) is 2.48. The number of carbonyl (C=O) groups excluding carboxylic acids is 1. The molecular weight excluding hydrogens is 256 g/mol. The monoisotopic (exact) mass is 266 g/mol. The summed E-state index contributed by atoms with van der Waals surface area (Å²) in [4.78, 5) is 12.1. The molecule has 0 unspecified atom stereocenters. The molecule has 3 rings (SSSR count). The summed E-state index contributed by atoms with van der Waals surface area (Å²) >= 11 is 3.07. The van der Waals surface area contributed by atoms with Crippen LogP contribution in [0.4, 0.5) is 0 Å². The maximum Gasteiger partial charge on any atom is 0.259 e. The van der Waals surface area contributed by atoms with Crippen LogP contribution in [0.15, 0.2) is 15.0 Å². The first-order chi connectivity index (χ1) is 8.22. The van der Waals surface area contributed by atoms with E-state index in [0.29, 0.717) is 4.88 Å². The lowest BCUT2D eigenvalue weighted by Crippen LogP contribution is -2.13. The van der Waals surface area contributed by atoms with Crippen LogP contribution in [0.2, 0.25) is 0 Å². The van der Waals surface area contributed by atoms with Gasteiger partial charge in [0.05, 0.1) is 9.09 Å². The van der Waals surface area contributed by atoms with Crippen molar-refractivity contribution in [2.75, 3.05) is 6.26 Å². The Morgan fingerprint density at radius 3 is 3.12 bits per heavy atom. The summed E-state index contributed by atoms with van der Waals surface area (Å²) in [5.41, 5.74) is 9.49. The molecule has 0 spiro atoms. The minimum Gasteiger partial charge on any atom is -0.365 e. The fourth-order valence-corrected chi connectivity index (χ4v) is 4.11. The first kappa shape index (κ1) is 10.9. The zero-order valence-electron chi connectivity index (χ0n) is 9.15. The van der Waals surface area contributed by atoms with Crippen molar-refractivity contribution in [1.29, 1.82) is 0 Å². The predicted octanol–water partition coefficient (Wildman–Crippen LogP) is 2.32. The van der Waals surface area contributed by atoms with E-state index in [9.17, 15) is 4.79 Å². The molecule has 1 aliphatic rings. The third kappa shape index (κ3) is 1.51. The SMILES string of the molecule is CSc1sc(C(N)=O)c2c1-c1nocc1CC2. The van der Waals surface area contributed by atoms with Gasteiger partial charge in [0.25, 0.3) is 5.91 Å². The number of hydrogen-bond acceptors (Lipinski definition) is 5. The topological polar surface area (TPSA) is 69.1 Å². The lowest BCUT2D eigenvalue weighted by molar-refractivity contribution is 0.100. The molecule has 0 radical (unpaired) electrons. The van der Waals surface area contributed by atoms with Gasteiger partial charge in [-0.15, -0.1) is 23.1 Å². The van der Waals surface area contributed by atoms with Gasteiger partial charge in [0.2, 0.25) is 0 Å². The second kappa shape index (κ2) is 3.89. The van der Waals surface area contributed by atoms with Crippen LogP contribution in [-0.4, -0.2) is 17.3 Å². The number of aromatic nitrogens is 1. The standard InChI is InChI=1S/C11H10N2O2S2/c1-16-11-7-6(9(17-11)10(12)14)3-2-5-4-15-13-8(5)7/h4H,2-3H2,1H3,(H2,12,14). The number of carbonyl (C=O) groups is 1. The van der Waals surface area contributed by atoms with Crippen molar-refractivity contribution < 1.29 is 9.32 Å². The molecule has 0 aromatic carbocycles. The van der Waals surface area contributed by atoms with Gasteiger partial charge in [-0.3, -0.25) is 4.79 Å². The van der Waals surface area contributed by atoms with Crippen molar-refractivity contribution in [2.24, 2.45) is 5.73 Å². The van der Waals surface area contributed by atoms with Crippen LogP contribution < -0.4 is 5.73 Å². The van der Waals surface area contributed by atoms with Gasteiger partial charge in [-0.05, 0) is 24.7 Å². The van der Waals surface area contributed by atoms with E-state index in [2.05, 4.69) is 5.16 Å². The van der Waals surface area contributed by atoms with Gasteiger partial charge in [-0.1, -0.05) is 5.16 Å². The molecule has 0 fully saturated rings. The normalized spacial score (nSPS) is 13.2. The second-order valence-corrected chi connectivity index (χ2v) is 5.92. The fraction of sp³-hybridized carbons (Fsp3) is 0.273. The molecule has 0 aliphatic heterocycles. The minimum atomic E-state index is -0.349. The van der Waals surface area contributed by atoms with Crippen LogP contribution >= 0.6 is 23.1 Å². The number of amides is 1. The molecule has 88 valence electrons. The highest BCUT2D eigenvalue weighted by Crippen LogP contribution is 2.45. The Morgan fingerprint density at radius 1 is 1.59 bits per heavy atom. The summed E-state index contributed by atoms with van der Waals surface area (Å²) in [6.07, 6.45) is 5.37. The van der Waals surface area contributed by atoms with Gasteiger partial charge < -0.3 is 10.3 Å². The minimum absolute atomic E-state index is 0.349.